The summed E-state index contributed by atoms with van der Waals surface area (Å²) in [5.41, 5.74) is 6.52. The van der Waals surface area contributed by atoms with Crippen molar-refractivity contribution in [2.24, 2.45) is 11.1 Å². The van der Waals surface area contributed by atoms with E-state index in [1.807, 2.05) is 4.90 Å². The SMILES string of the molecule is CC1(C)CCN(C(=O)Cn2cc(CN)nn2)CC1. The summed E-state index contributed by atoms with van der Waals surface area (Å²) in [6.45, 7) is 6.79. The lowest BCUT2D eigenvalue weighted by atomic mass is 9.83. The molecule has 0 spiro atoms. The first-order chi connectivity index (χ1) is 8.50. The molecule has 2 heterocycles. The Morgan fingerprint density at radius 1 is 1.44 bits per heavy atom. The number of hydrogen-bond donors (Lipinski definition) is 1. The maximum Gasteiger partial charge on any atom is 0.244 e. The van der Waals surface area contributed by atoms with E-state index in [-0.39, 0.29) is 12.5 Å². The van der Waals surface area contributed by atoms with Gasteiger partial charge in [0.25, 0.3) is 0 Å². The van der Waals surface area contributed by atoms with E-state index in [2.05, 4.69) is 24.2 Å². The van der Waals surface area contributed by atoms with Crippen LogP contribution in [0.5, 0.6) is 0 Å². The summed E-state index contributed by atoms with van der Waals surface area (Å²) in [5, 5.41) is 7.76. The van der Waals surface area contributed by atoms with Crippen LogP contribution in [0.4, 0.5) is 0 Å². The molecule has 0 unspecified atom stereocenters. The Hall–Kier alpha value is -1.43. The molecule has 1 aliphatic rings. The van der Waals surface area contributed by atoms with Gasteiger partial charge in [-0.15, -0.1) is 5.10 Å². The number of piperidine rings is 1. The molecule has 2 rings (SSSR count). The topological polar surface area (TPSA) is 77.0 Å². The fourth-order valence-corrected chi connectivity index (χ4v) is 2.11. The van der Waals surface area contributed by atoms with Crippen molar-refractivity contribution in [1.29, 1.82) is 0 Å². The predicted octanol–water partition coefficient (Wildman–Crippen LogP) is 0.385. The van der Waals surface area contributed by atoms with Crippen molar-refractivity contribution >= 4 is 5.91 Å². The van der Waals surface area contributed by atoms with Crippen molar-refractivity contribution < 1.29 is 4.79 Å². The molecule has 18 heavy (non-hydrogen) atoms. The number of nitrogens with zero attached hydrogens (tertiary/aromatic N) is 4. The molecule has 1 aromatic heterocycles. The predicted molar refractivity (Wildman–Crippen MR) is 67.5 cm³/mol. The number of hydrogen-bond acceptors (Lipinski definition) is 4. The van der Waals surface area contributed by atoms with Gasteiger partial charge in [0.2, 0.25) is 5.91 Å². The van der Waals surface area contributed by atoms with E-state index < -0.39 is 0 Å². The zero-order valence-electron chi connectivity index (χ0n) is 11.1. The van der Waals surface area contributed by atoms with Gasteiger partial charge in [0.15, 0.2) is 0 Å². The molecule has 2 N–H and O–H groups in total. The zero-order chi connectivity index (χ0) is 13.2. The third-order valence-electron chi connectivity index (χ3n) is 3.56. The maximum atomic E-state index is 12.1. The lowest BCUT2D eigenvalue weighted by Crippen LogP contribution is -2.42. The molecule has 0 aliphatic carbocycles. The minimum Gasteiger partial charge on any atom is -0.341 e. The van der Waals surface area contributed by atoms with E-state index in [1.54, 1.807) is 10.9 Å². The molecule has 1 aromatic rings. The molecule has 1 amide bonds. The molecule has 6 heteroatoms. The first-order valence-corrected chi connectivity index (χ1v) is 6.37. The standard InChI is InChI=1S/C12H21N5O/c1-12(2)3-5-16(6-4-12)11(18)9-17-8-10(7-13)14-15-17/h8H,3-7,9,13H2,1-2H3. The smallest absolute Gasteiger partial charge is 0.244 e. The van der Waals surface area contributed by atoms with Gasteiger partial charge in [0.05, 0.1) is 11.9 Å². The summed E-state index contributed by atoms with van der Waals surface area (Å²) in [6.07, 6.45) is 3.85. The molecular formula is C12H21N5O. The summed E-state index contributed by atoms with van der Waals surface area (Å²) in [6, 6.07) is 0. The average Bonchev–Trinajstić information content (AvgIpc) is 2.76. The van der Waals surface area contributed by atoms with Crippen LogP contribution < -0.4 is 5.73 Å². The molecule has 6 nitrogen and oxygen atoms in total. The first-order valence-electron chi connectivity index (χ1n) is 6.37. The van der Waals surface area contributed by atoms with Gasteiger partial charge in [-0.3, -0.25) is 4.79 Å². The van der Waals surface area contributed by atoms with Crippen LogP contribution in [0, 0.1) is 5.41 Å². The number of nitrogens with two attached hydrogens (primary N) is 1. The molecule has 1 aliphatic heterocycles. The Balaban J connectivity index is 1.89. The second-order valence-electron chi connectivity index (χ2n) is 5.66. The van der Waals surface area contributed by atoms with Crippen LogP contribution in [0.2, 0.25) is 0 Å². The van der Waals surface area contributed by atoms with E-state index in [0.29, 0.717) is 17.7 Å². The van der Waals surface area contributed by atoms with Gasteiger partial charge in [-0.05, 0) is 18.3 Å². The normalized spacial score (nSPS) is 18.9. The third kappa shape index (κ3) is 3.07. The summed E-state index contributed by atoms with van der Waals surface area (Å²) < 4.78 is 1.56. The highest BCUT2D eigenvalue weighted by atomic mass is 16.2. The van der Waals surface area contributed by atoms with Crippen LogP contribution >= 0.6 is 0 Å². The highest BCUT2D eigenvalue weighted by Crippen LogP contribution is 2.29. The quantitative estimate of drug-likeness (QED) is 0.842. The van der Waals surface area contributed by atoms with Gasteiger partial charge < -0.3 is 10.6 Å². The molecule has 0 radical (unpaired) electrons. The van der Waals surface area contributed by atoms with Crippen molar-refractivity contribution in [3.63, 3.8) is 0 Å². The van der Waals surface area contributed by atoms with Crippen molar-refractivity contribution in [3.8, 4) is 0 Å². The molecule has 0 aromatic carbocycles. The third-order valence-corrected chi connectivity index (χ3v) is 3.56. The largest absolute Gasteiger partial charge is 0.341 e. The van der Waals surface area contributed by atoms with Gasteiger partial charge in [-0.1, -0.05) is 19.1 Å². The van der Waals surface area contributed by atoms with Crippen molar-refractivity contribution in [2.45, 2.75) is 39.8 Å². The summed E-state index contributed by atoms with van der Waals surface area (Å²) in [7, 11) is 0. The molecule has 1 saturated heterocycles. The Bertz CT molecular complexity index is 416. The van der Waals surface area contributed by atoms with Crippen molar-refractivity contribution in [2.75, 3.05) is 13.1 Å². The van der Waals surface area contributed by atoms with Gasteiger partial charge >= 0.3 is 0 Å². The van der Waals surface area contributed by atoms with Crippen LogP contribution in [-0.4, -0.2) is 38.9 Å². The molecule has 1 fully saturated rings. The number of aromatic nitrogens is 3. The Morgan fingerprint density at radius 2 is 2.11 bits per heavy atom. The Morgan fingerprint density at radius 3 is 2.67 bits per heavy atom. The summed E-state index contributed by atoms with van der Waals surface area (Å²) in [4.78, 5) is 14.0. The zero-order valence-corrected chi connectivity index (χ0v) is 11.1. The van der Waals surface area contributed by atoms with E-state index in [9.17, 15) is 4.79 Å². The number of rotatable bonds is 3. The second-order valence-corrected chi connectivity index (χ2v) is 5.66. The minimum absolute atomic E-state index is 0.110. The Labute approximate surface area is 107 Å². The van der Waals surface area contributed by atoms with Gasteiger partial charge in [-0.2, -0.15) is 0 Å². The Kier molecular flexibility index (Phi) is 3.65. The van der Waals surface area contributed by atoms with Crippen LogP contribution in [0.3, 0.4) is 0 Å². The van der Waals surface area contributed by atoms with Crippen LogP contribution in [0.1, 0.15) is 32.4 Å². The first kappa shape index (κ1) is 13.0. The molecule has 100 valence electrons. The number of likely N-dealkylation sites (tertiary alicyclic amines) is 1. The summed E-state index contributed by atoms with van der Waals surface area (Å²) >= 11 is 0. The number of carbonyl (C=O) groups excluding carboxylic acids is 1. The van der Waals surface area contributed by atoms with Gasteiger partial charge in [0.1, 0.15) is 6.54 Å². The van der Waals surface area contributed by atoms with Crippen LogP contribution in [-0.2, 0) is 17.9 Å². The fraction of sp³-hybridized carbons (Fsp3) is 0.750. The molecule has 0 atom stereocenters. The number of amides is 1. The molecular weight excluding hydrogens is 230 g/mol. The highest BCUT2D eigenvalue weighted by molar-refractivity contribution is 5.76. The lowest BCUT2D eigenvalue weighted by molar-refractivity contribution is -0.134. The van der Waals surface area contributed by atoms with Gasteiger partial charge in [0, 0.05) is 19.6 Å². The second kappa shape index (κ2) is 5.06. The van der Waals surface area contributed by atoms with Crippen molar-refractivity contribution in [3.05, 3.63) is 11.9 Å². The van der Waals surface area contributed by atoms with E-state index in [1.165, 1.54) is 0 Å². The maximum absolute atomic E-state index is 12.1. The van der Waals surface area contributed by atoms with E-state index in [0.717, 1.165) is 25.9 Å². The van der Waals surface area contributed by atoms with E-state index in [4.69, 9.17) is 5.73 Å². The lowest BCUT2D eigenvalue weighted by Gasteiger charge is -2.36. The van der Waals surface area contributed by atoms with Crippen LogP contribution in [0.25, 0.3) is 0 Å². The highest BCUT2D eigenvalue weighted by Gasteiger charge is 2.27. The minimum atomic E-state index is 0.110. The number of carbonyl (C=O) groups is 1. The van der Waals surface area contributed by atoms with Crippen molar-refractivity contribution in [1.82, 2.24) is 19.9 Å². The molecule has 0 bridgehead atoms. The molecule has 0 saturated carbocycles. The van der Waals surface area contributed by atoms with E-state index >= 15 is 0 Å². The summed E-state index contributed by atoms with van der Waals surface area (Å²) in [5.74, 6) is 0.110. The van der Waals surface area contributed by atoms with Gasteiger partial charge in [-0.25, -0.2) is 4.68 Å². The van der Waals surface area contributed by atoms with Crippen LogP contribution in [0.15, 0.2) is 6.20 Å². The average molecular weight is 251 g/mol. The fourth-order valence-electron chi connectivity index (χ4n) is 2.11. The monoisotopic (exact) mass is 251 g/mol.